The highest BCUT2D eigenvalue weighted by molar-refractivity contribution is 5.95. The highest BCUT2D eigenvalue weighted by atomic mass is 19.1. The maximum Gasteiger partial charge on any atom is 0.181 e. The fraction of sp³-hybridized carbons (Fsp3) is 0.259. The largest absolute Gasteiger partial charge is 0.492 e. The van der Waals surface area contributed by atoms with Gasteiger partial charge < -0.3 is 19.9 Å². The van der Waals surface area contributed by atoms with E-state index in [-0.39, 0.29) is 5.82 Å². The molecule has 5 heterocycles. The predicted octanol–water partition coefficient (Wildman–Crippen LogP) is 4.02. The third kappa shape index (κ3) is 4.68. The van der Waals surface area contributed by atoms with Crippen LogP contribution in [0.2, 0.25) is 0 Å². The number of imidazole rings is 1. The first-order valence-electron chi connectivity index (χ1n) is 12.2. The van der Waals surface area contributed by atoms with Crippen LogP contribution < -0.4 is 10.1 Å². The number of hydrogen-bond acceptors (Lipinski definition) is 7. The molecule has 37 heavy (non-hydrogen) atoms. The van der Waals surface area contributed by atoms with Crippen molar-refractivity contribution >= 4 is 27.8 Å². The molecule has 0 radical (unpaired) electrons. The minimum atomic E-state index is -0.368. The van der Waals surface area contributed by atoms with Gasteiger partial charge in [0.15, 0.2) is 17.1 Å². The summed E-state index contributed by atoms with van der Waals surface area (Å²) >= 11 is 0. The molecule has 0 spiro atoms. The van der Waals surface area contributed by atoms with Crippen LogP contribution in [0.3, 0.4) is 0 Å². The van der Waals surface area contributed by atoms with Crippen LogP contribution in [-0.4, -0.2) is 75.4 Å². The molecule has 10 heteroatoms. The lowest BCUT2D eigenvalue weighted by molar-refractivity contribution is 0.260. The number of hydrogen-bond donors (Lipinski definition) is 3. The molecular weight excluding hydrogens is 471 g/mol. The maximum absolute atomic E-state index is 14.5. The Morgan fingerprint density at radius 1 is 1.08 bits per heavy atom. The number of H-pyrrole nitrogens is 2. The van der Waals surface area contributed by atoms with E-state index in [4.69, 9.17) is 9.72 Å². The summed E-state index contributed by atoms with van der Waals surface area (Å²) < 4.78 is 20.3. The SMILES string of the molecule is CN(C)CCOc1cc(F)cc(-c2ccnc3nc(-c4[nH]nc5ncc(C6=CCNCC6)cc45)[nH]c23)c1. The van der Waals surface area contributed by atoms with E-state index in [0.717, 1.165) is 48.3 Å². The van der Waals surface area contributed by atoms with Gasteiger partial charge in [-0.05, 0) is 68.0 Å². The highest BCUT2D eigenvalue weighted by Crippen LogP contribution is 2.33. The van der Waals surface area contributed by atoms with Gasteiger partial charge in [-0.25, -0.2) is 19.3 Å². The molecule has 1 aromatic carbocycles. The number of likely N-dealkylation sites (N-methyl/N-ethyl adjacent to an activating group) is 1. The second-order valence-corrected chi connectivity index (χ2v) is 9.35. The van der Waals surface area contributed by atoms with Gasteiger partial charge in [-0.15, -0.1) is 0 Å². The van der Waals surface area contributed by atoms with E-state index in [0.29, 0.717) is 40.6 Å². The average Bonchev–Trinajstić information content (AvgIpc) is 3.52. The standard InChI is InChI=1S/C27H27FN8O/c1-36(2)9-10-37-20-12-17(11-19(28)14-20)21-5-8-30-26-23(21)32-27(33-26)24-22-13-18(15-31-25(22)35-34-24)16-3-6-29-7-4-16/h3,5,8,11-15,29H,4,6-7,9-10H2,1-2H3,(H,30,32,33)(H,31,34,35). The molecule has 0 amide bonds. The number of benzene rings is 1. The summed E-state index contributed by atoms with van der Waals surface area (Å²) in [6.45, 7) is 3.00. The van der Waals surface area contributed by atoms with Crippen molar-refractivity contribution in [2.45, 2.75) is 6.42 Å². The smallest absolute Gasteiger partial charge is 0.181 e. The maximum atomic E-state index is 14.5. The zero-order valence-electron chi connectivity index (χ0n) is 20.7. The van der Waals surface area contributed by atoms with Crippen LogP contribution in [0.5, 0.6) is 5.75 Å². The number of aromatic nitrogens is 6. The first-order valence-corrected chi connectivity index (χ1v) is 12.2. The van der Waals surface area contributed by atoms with Crippen LogP contribution in [0.15, 0.2) is 48.8 Å². The number of aromatic amines is 2. The van der Waals surface area contributed by atoms with Crippen molar-refractivity contribution in [3.05, 3.63) is 60.2 Å². The predicted molar refractivity (Wildman–Crippen MR) is 142 cm³/mol. The molecule has 0 saturated heterocycles. The molecule has 0 fully saturated rings. The van der Waals surface area contributed by atoms with Gasteiger partial charge in [0.05, 0.1) is 10.9 Å². The molecule has 5 aromatic rings. The molecule has 0 unspecified atom stereocenters. The topological polar surface area (TPSA) is 108 Å². The molecule has 0 aliphatic carbocycles. The fourth-order valence-electron chi connectivity index (χ4n) is 4.56. The number of ether oxygens (including phenoxy) is 1. The van der Waals surface area contributed by atoms with E-state index >= 15 is 0 Å². The summed E-state index contributed by atoms with van der Waals surface area (Å²) in [5, 5.41) is 11.7. The Balaban J connectivity index is 1.39. The summed E-state index contributed by atoms with van der Waals surface area (Å²) in [5.74, 6) is 0.703. The third-order valence-electron chi connectivity index (χ3n) is 6.46. The van der Waals surface area contributed by atoms with Crippen LogP contribution in [-0.2, 0) is 0 Å². The van der Waals surface area contributed by atoms with Crippen molar-refractivity contribution in [3.63, 3.8) is 0 Å². The summed E-state index contributed by atoms with van der Waals surface area (Å²) in [6.07, 6.45) is 6.69. The number of nitrogens with one attached hydrogen (secondary N) is 3. The molecule has 0 bridgehead atoms. The third-order valence-corrected chi connectivity index (χ3v) is 6.46. The van der Waals surface area contributed by atoms with Gasteiger partial charge in [-0.1, -0.05) is 6.08 Å². The van der Waals surface area contributed by atoms with Crippen molar-refractivity contribution in [1.82, 2.24) is 40.3 Å². The summed E-state index contributed by atoms with van der Waals surface area (Å²) in [4.78, 5) is 19.1. The van der Waals surface area contributed by atoms with Gasteiger partial charge in [0.25, 0.3) is 0 Å². The van der Waals surface area contributed by atoms with Crippen molar-refractivity contribution in [1.29, 1.82) is 0 Å². The zero-order chi connectivity index (χ0) is 25.4. The van der Waals surface area contributed by atoms with Crippen LogP contribution in [0.4, 0.5) is 4.39 Å². The van der Waals surface area contributed by atoms with E-state index in [1.807, 2.05) is 37.3 Å². The Morgan fingerprint density at radius 3 is 2.84 bits per heavy atom. The van der Waals surface area contributed by atoms with Crippen molar-refractivity contribution in [3.8, 4) is 28.4 Å². The van der Waals surface area contributed by atoms with Crippen LogP contribution in [0, 0.1) is 5.82 Å². The molecule has 4 aromatic heterocycles. The Morgan fingerprint density at radius 2 is 2.00 bits per heavy atom. The summed E-state index contributed by atoms with van der Waals surface area (Å²) in [7, 11) is 3.93. The van der Waals surface area contributed by atoms with Crippen LogP contribution >= 0.6 is 0 Å². The van der Waals surface area contributed by atoms with E-state index < -0.39 is 0 Å². The molecule has 9 nitrogen and oxygen atoms in total. The van der Waals surface area contributed by atoms with E-state index in [1.54, 1.807) is 6.20 Å². The summed E-state index contributed by atoms with van der Waals surface area (Å²) in [5.41, 5.74) is 6.38. The van der Waals surface area contributed by atoms with Crippen molar-refractivity contribution < 1.29 is 9.13 Å². The Labute approximate surface area is 212 Å². The Hall–Kier alpha value is -4.15. The Kier molecular flexibility index (Phi) is 6.11. The van der Waals surface area contributed by atoms with Crippen molar-refractivity contribution in [2.24, 2.45) is 0 Å². The number of pyridine rings is 2. The fourth-order valence-corrected chi connectivity index (χ4v) is 4.56. The van der Waals surface area contributed by atoms with Crippen molar-refractivity contribution in [2.75, 3.05) is 40.3 Å². The highest BCUT2D eigenvalue weighted by Gasteiger charge is 2.18. The lowest BCUT2D eigenvalue weighted by Gasteiger charge is -2.13. The minimum Gasteiger partial charge on any atom is -0.492 e. The van der Waals surface area contributed by atoms with Gasteiger partial charge in [-0.2, -0.15) is 5.10 Å². The Bertz CT molecular complexity index is 1620. The quantitative estimate of drug-likeness (QED) is 0.311. The second kappa shape index (κ2) is 9.72. The number of fused-ring (bicyclic) bond motifs is 2. The second-order valence-electron chi connectivity index (χ2n) is 9.35. The molecule has 1 aliphatic rings. The lowest BCUT2D eigenvalue weighted by Crippen LogP contribution is -2.20. The van der Waals surface area contributed by atoms with Gasteiger partial charge in [0.2, 0.25) is 0 Å². The van der Waals surface area contributed by atoms with Gasteiger partial charge in [0.1, 0.15) is 23.9 Å². The van der Waals surface area contributed by atoms with Crippen LogP contribution in [0.25, 0.3) is 50.4 Å². The molecule has 0 atom stereocenters. The first-order chi connectivity index (χ1) is 18.0. The zero-order valence-corrected chi connectivity index (χ0v) is 20.7. The number of halogens is 1. The molecule has 3 N–H and O–H groups in total. The minimum absolute atomic E-state index is 0.368. The molecule has 0 saturated carbocycles. The summed E-state index contributed by atoms with van der Waals surface area (Å²) in [6, 6.07) is 8.67. The molecule has 188 valence electrons. The van der Waals surface area contributed by atoms with E-state index in [2.05, 4.69) is 42.6 Å². The number of nitrogens with zero attached hydrogens (tertiary/aromatic N) is 5. The van der Waals surface area contributed by atoms with E-state index in [9.17, 15) is 4.39 Å². The van der Waals surface area contributed by atoms with E-state index in [1.165, 1.54) is 17.7 Å². The van der Waals surface area contributed by atoms with Crippen LogP contribution in [0.1, 0.15) is 12.0 Å². The van der Waals surface area contributed by atoms with Gasteiger partial charge >= 0.3 is 0 Å². The average molecular weight is 499 g/mol. The lowest BCUT2D eigenvalue weighted by atomic mass is 10.0. The van der Waals surface area contributed by atoms with Gasteiger partial charge in [-0.3, -0.25) is 5.10 Å². The number of rotatable bonds is 7. The van der Waals surface area contributed by atoms with Gasteiger partial charge in [0, 0.05) is 37.1 Å². The molecule has 1 aliphatic heterocycles. The molecule has 6 rings (SSSR count). The normalized spacial score (nSPS) is 14.0. The monoisotopic (exact) mass is 498 g/mol. The first kappa shape index (κ1) is 23.3. The molecular formula is C27H27FN8O.